The minimum absolute atomic E-state index is 0.0870. The fourth-order valence-electron chi connectivity index (χ4n) is 3.89. The van der Waals surface area contributed by atoms with Gasteiger partial charge in [0.2, 0.25) is 5.91 Å². The zero-order chi connectivity index (χ0) is 24.2. The first kappa shape index (κ1) is 23.6. The summed E-state index contributed by atoms with van der Waals surface area (Å²) >= 11 is 1.23. The molecule has 2 heterocycles. The molecule has 1 aliphatic rings. The molecule has 10 heteroatoms. The van der Waals surface area contributed by atoms with E-state index < -0.39 is 11.8 Å². The molecule has 1 amide bonds. The Labute approximate surface area is 200 Å². The molecule has 0 saturated heterocycles. The van der Waals surface area contributed by atoms with Crippen LogP contribution in [0.25, 0.3) is 10.2 Å². The quantitative estimate of drug-likeness (QED) is 0.474. The second kappa shape index (κ2) is 10.2. The highest BCUT2D eigenvalue weighted by Gasteiger charge is 2.22. The average molecular weight is 485 g/mol. The highest BCUT2D eigenvalue weighted by atomic mass is 32.1. The summed E-state index contributed by atoms with van der Waals surface area (Å²) in [7, 11) is 1.34. The van der Waals surface area contributed by atoms with Crippen molar-refractivity contribution >= 4 is 44.9 Å². The Balaban J connectivity index is 1.56. The predicted octanol–water partition coefficient (Wildman–Crippen LogP) is 5.01. The number of esters is 1. The Morgan fingerprint density at radius 3 is 2.71 bits per heavy atom. The van der Waals surface area contributed by atoms with Gasteiger partial charge in [-0.3, -0.25) is 4.79 Å². The number of ether oxygens (including phenoxy) is 2. The molecule has 178 valence electrons. The number of benzene rings is 1. The number of hydrogen-bond acceptors (Lipinski definition) is 8. The number of rotatable bonds is 6. The number of amides is 1. The third-order valence-corrected chi connectivity index (χ3v) is 6.82. The number of nitrogens with zero attached hydrogens (tertiary/aromatic N) is 2. The number of fused-ring (bicyclic) bond motifs is 1. The molecule has 1 aliphatic carbocycles. The molecule has 0 aliphatic heterocycles. The topological polar surface area (TPSA) is 102 Å². The smallest absolute Gasteiger partial charge is 0.348 e. The highest BCUT2D eigenvalue weighted by molar-refractivity contribution is 7.20. The highest BCUT2D eigenvalue weighted by Crippen LogP contribution is 2.37. The van der Waals surface area contributed by atoms with Crippen LogP contribution in [0.5, 0.6) is 5.75 Å². The standard InChI is InChI=1S/C24H25FN4O4S/c1-13-20-22(27-12-28-23(20)34-21(13)24(31)32-3)29-18-9-6-16(25)10-19(18)33-17-7-4-15(5-8-17)11-26-14(2)30/h6,9-12,17H,4-5,7-8H2,1-3H3,(H,26,30)(H,27,28,29). The fraction of sp³-hybridized carbons (Fsp3) is 0.333. The van der Waals surface area contributed by atoms with Gasteiger partial charge in [0.1, 0.15) is 33.4 Å². The third-order valence-electron chi connectivity index (χ3n) is 5.64. The SMILES string of the molecule is COC(=O)c1sc2ncnc(Nc3ccc(F)cc3OC3CCC(=CNC(C)=O)CC3)c2c1C. The van der Waals surface area contributed by atoms with Crippen molar-refractivity contribution in [1.82, 2.24) is 15.3 Å². The molecule has 0 bridgehead atoms. The lowest BCUT2D eigenvalue weighted by Gasteiger charge is -2.26. The van der Waals surface area contributed by atoms with E-state index in [0.29, 0.717) is 37.9 Å². The third kappa shape index (κ3) is 5.17. The van der Waals surface area contributed by atoms with Crippen molar-refractivity contribution in [2.75, 3.05) is 12.4 Å². The van der Waals surface area contributed by atoms with Crippen LogP contribution < -0.4 is 15.4 Å². The van der Waals surface area contributed by atoms with Gasteiger partial charge in [-0.25, -0.2) is 19.2 Å². The summed E-state index contributed by atoms with van der Waals surface area (Å²) in [6.45, 7) is 3.29. The molecular weight excluding hydrogens is 459 g/mol. The number of carbonyl (C=O) groups is 2. The van der Waals surface area contributed by atoms with E-state index in [-0.39, 0.29) is 12.0 Å². The van der Waals surface area contributed by atoms with Gasteiger partial charge in [0, 0.05) is 19.2 Å². The maximum absolute atomic E-state index is 14.1. The number of halogens is 1. The van der Waals surface area contributed by atoms with E-state index in [1.165, 1.54) is 43.8 Å². The van der Waals surface area contributed by atoms with Crippen LogP contribution in [0.4, 0.5) is 15.9 Å². The second-order valence-corrected chi connectivity index (χ2v) is 9.04. The van der Waals surface area contributed by atoms with Crippen molar-refractivity contribution in [2.45, 2.75) is 45.6 Å². The largest absolute Gasteiger partial charge is 0.488 e. The molecule has 1 aromatic carbocycles. The van der Waals surface area contributed by atoms with Gasteiger partial charge < -0.3 is 20.1 Å². The number of hydrogen-bond donors (Lipinski definition) is 2. The summed E-state index contributed by atoms with van der Waals surface area (Å²) in [4.78, 5) is 33.0. The number of allylic oxidation sites excluding steroid dienone is 1. The van der Waals surface area contributed by atoms with Crippen LogP contribution in [0, 0.1) is 12.7 Å². The normalized spacial score (nSPS) is 15.6. The lowest BCUT2D eigenvalue weighted by atomic mass is 9.93. The Morgan fingerprint density at radius 2 is 2.00 bits per heavy atom. The van der Waals surface area contributed by atoms with Crippen molar-refractivity contribution in [1.29, 1.82) is 0 Å². The molecule has 0 spiro atoms. The maximum atomic E-state index is 14.1. The zero-order valence-corrected chi connectivity index (χ0v) is 19.9. The monoisotopic (exact) mass is 484 g/mol. The van der Waals surface area contributed by atoms with E-state index >= 15 is 0 Å². The molecule has 2 N–H and O–H groups in total. The van der Waals surface area contributed by atoms with E-state index in [1.807, 2.05) is 6.92 Å². The average Bonchev–Trinajstić information content (AvgIpc) is 3.17. The Kier molecular flexibility index (Phi) is 7.06. The van der Waals surface area contributed by atoms with Crippen LogP contribution >= 0.6 is 11.3 Å². The molecule has 8 nitrogen and oxygen atoms in total. The van der Waals surface area contributed by atoms with Crippen LogP contribution in [0.15, 0.2) is 36.3 Å². The first-order valence-electron chi connectivity index (χ1n) is 10.9. The molecule has 0 radical (unpaired) electrons. The number of methoxy groups -OCH3 is 1. The maximum Gasteiger partial charge on any atom is 0.348 e. The van der Waals surface area contributed by atoms with Crippen LogP contribution in [0.2, 0.25) is 0 Å². The molecule has 1 saturated carbocycles. The van der Waals surface area contributed by atoms with Crippen molar-refractivity contribution in [2.24, 2.45) is 0 Å². The van der Waals surface area contributed by atoms with Gasteiger partial charge in [-0.15, -0.1) is 11.3 Å². The van der Waals surface area contributed by atoms with E-state index in [1.54, 1.807) is 12.3 Å². The van der Waals surface area contributed by atoms with Gasteiger partial charge in [0.25, 0.3) is 0 Å². The van der Waals surface area contributed by atoms with E-state index in [0.717, 1.165) is 31.3 Å². The molecule has 0 atom stereocenters. The lowest BCUT2D eigenvalue weighted by molar-refractivity contribution is -0.118. The summed E-state index contributed by atoms with van der Waals surface area (Å²) in [6.07, 6.45) is 6.18. The van der Waals surface area contributed by atoms with E-state index in [4.69, 9.17) is 9.47 Å². The first-order valence-corrected chi connectivity index (χ1v) is 11.7. The number of carbonyl (C=O) groups excluding carboxylic acids is 2. The Morgan fingerprint density at radius 1 is 1.24 bits per heavy atom. The number of anilines is 2. The van der Waals surface area contributed by atoms with Gasteiger partial charge in [-0.05, 0) is 50.3 Å². The molecule has 2 aromatic heterocycles. The predicted molar refractivity (Wildman–Crippen MR) is 128 cm³/mol. The molecule has 34 heavy (non-hydrogen) atoms. The summed E-state index contributed by atoms with van der Waals surface area (Å²) < 4.78 is 25.2. The zero-order valence-electron chi connectivity index (χ0n) is 19.1. The molecule has 1 fully saturated rings. The fourth-order valence-corrected chi connectivity index (χ4v) is 4.95. The number of aromatic nitrogens is 2. The number of nitrogens with one attached hydrogen (secondary N) is 2. The Bertz CT molecular complexity index is 1260. The molecule has 0 unspecified atom stereocenters. The number of aryl methyl sites for hydroxylation is 1. The van der Waals surface area contributed by atoms with Gasteiger partial charge in [0.05, 0.1) is 24.3 Å². The van der Waals surface area contributed by atoms with Crippen molar-refractivity contribution < 1.29 is 23.5 Å². The van der Waals surface area contributed by atoms with Crippen molar-refractivity contribution in [3.63, 3.8) is 0 Å². The van der Waals surface area contributed by atoms with Crippen LogP contribution in [-0.4, -0.2) is 35.1 Å². The van der Waals surface area contributed by atoms with Crippen LogP contribution in [0.1, 0.15) is 47.8 Å². The Hall–Kier alpha value is -3.53. The summed E-state index contributed by atoms with van der Waals surface area (Å²) in [5, 5.41) is 6.65. The van der Waals surface area contributed by atoms with E-state index in [9.17, 15) is 14.0 Å². The number of thiophene rings is 1. The molecular formula is C24H25FN4O4S. The van der Waals surface area contributed by atoms with E-state index in [2.05, 4.69) is 20.6 Å². The summed E-state index contributed by atoms with van der Waals surface area (Å²) in [5.74, 6) is -0.0574. The summed E-state index contributed by atoms with van der Waals surface area (Å²) in [5.41, 5.74) is 2.43. The van der Waals surface area contributed by atoms with Crippen molar-refractivity contribution in [3.05, 3.63) is 52.6 Å². The van der Waals surface area contributed by atoms with Gasteiger partial charge in [0.15, 0.2) is 0 Å². The molecule has 4 rings (SSSR count). The van der Waals surface area contributed by atoms with Crippen LogP contribution in [0.3, 0.4) is 0 Å². The minimum Gasteiger partial charge on any atom is -0.488 e. The molecule has 3 aromatic rings. The minimum atomic E-state index is -0.429. The first-order chi connectivity index (χ1) is 16.4. The second-order valence-electron chi connectivity index (χ2n) is 8.04. The van der Waals surface area contributed by atoms with Crippen LogP contribution in [-0.2, 0) is 9.53 Å². The van der Waals surface area contributed by atoms with Gasteiger partial charge >= 0.3 is 5.97 Å². The van der Waals surface area contributed by atoms with Gasteiger partial charge in [-0.1, -0.05) is 5.57 Å². The lowest BCUT2D eigenvalue weighted by Crippen LogP contribution is -2.22. The van der Waals surface area contributed by atoms with Crippen molar-refractivity contribution in [3.8, 4) is 5.75 Å². The van der Waals surface area contributed by atoms with Gasteiger partial charge in [-0.2, -0.15) is 0 Å². The summed E-state index contributed by atoms with van der Waals surface area (Å²) in [6, 6.07) is 4.30.